The van der Waals surface area contributed by atoms with Crippen LogP contribution >= 0.6 is 11.3 Å². The molecule has 0 bridgehead atoms. The van der Waals surface area contributed by atoms with E-state index in [-0.39, 0.29) is 5.82 Å². The van der Waals surface area contributed by atoms with Crippen LogP contribution in [0.4, 0.5) is 15.9 Å². The summed E-state index contributed by atoms with van der Waals surface area (Å²) in [6.45, 7) is 2.10. The van der Waals surface area contributed by atoms with E-state index in [1.165, 1.54) is 12.1 Å². The van der Waals surface area contributed by atoms with Crippen molar-refractivity contribution in [3.05, 3.63) is 71.7 Å². The quantitative estimate of drug-likeness (QED) is 0.416. The summed E-state index contributed by atoms with van der Waals surface area (Å²) in [6.07, 6.45) is 4.31. The summed E-state index contributed by atoms with van der Waals surface area (Å²) in [5, 5.41) is 5.08. The molecule has 0 radical (unpaired) electrons. The number of anilines is 2. The van der Waals surface area contributed by atoms with E-state index in [1.807, 2.05) is 30.3 Å². The minimum atomic E-state index is -0.327. The van der Waals surface area contributed by atoms with Crippen LogP contribution in [0.2, 0.25) is 0 Å². The molecule has 5 nitrogen and oxygen atoms in total. The second-order valence-electron chi connectivity index (χ2n) is 6.56. The molecule has 2 aromatic carbocycles. The molecule has 5 aromatic rings. The van der Waals surface area contributed by atoms with E-state index in [4.69, 9.17) is 0 Å². The zero-order valence-electron chi connectivity index (χ0n) is 15.6. The number of aromatic nitrogens is 4. The van der Waals surface area contributed by atoms with Gasteiger partial charge < -0.3 is 5.32 Å². The van der Waals surface area contributed by atoms with Crippen LogP contribution in [0.25, 0.3) is 32.5 Å². The molecule has 0 atom stereocenters. The van der Waals surface area contributed by atoms with Gasteiger partial charge in [0.25, 0.3) is 0 Å². The zero-order valence-corrected chi connectivity index (χ0v) is 16.4. The van der Waals surface area contributed by atoms with E-state index in [9.17, 15) is 4.39 Å². The number of halogens is 1. The van der Waals surface area contributed by atoms with Crippen LogP contribution in [0.1, 0.15) is 11.9 Å². The fourth-order valence-corrected chi connectivity index (χ4v) is 4.11. The summed E-state index contributed by atoms with van der Waals surface area (Å²) < 4.78 is 15.0. The van der Waals surface area contributed by atoms with Crippen LogP contribution in [0.5, 0.6) is 0 Å². The smallest absolute Gasteiger partial charge is 0.162 e. The Morgan fingerprint density at radius 1 is 0.931 bits per heavy atom. The van der Waals surface area contributed by atoms with Gasteiger partial charge in [0.15, 0.2) is 5.82 Å². The average Bonchev–Trinajstić information content (AvgIpc) is 3.17. The molecule has 142 valence electrons. The molecule has 3 aromatic heterocycles. The van der Waals surface area contributed by atoms with Gasteiger partial charge >= 0.3 is 0 Å². The van der Waals surface area contributed by atoms with Crippen molar-refractivity contribution in [3.63, 3.8) is 0 Å². The number of benzene rings is 2. The van der Waals surface area contributed by atoms with Crippen LogP contribution in [-0.2, 0) is 6.42 Å². The summed E-state index contributed by atoms with van der Waals surface area (Å²) >= 11 is 1.68. The molecule has 0 fully saturated rings. The summed E-state index contributed by atoms with van der Waals surface area (Å²) in [5.74, 6) is 0.786. The Balaban J connectivity index is 1.63. The first kappa shape index (κ1) is 17.6. The normalized spacial score (nSPS) is 11.2. The van der Waals surface area contributed by atoms with E-state index in [2.05, 4.69) is 32.2 Å². The second-order valence-corrected chi connectivity index (χ2v) is 7.68. The van der Waals surface area contributed by atoms with Crippen LogP contribution in [-0.4, -0.2) is 19.9 Å². The molecule has 0 saturated heterocycles. The van der Waals surface area contributed by atoms with Gasteiger partial charge in [-0.15, -0.1) is 11.3 Å². The van der Waals surface area contributed by atoms with Crippen molar-refractivity contribution in [1.29, 1.82) is 0 Å². The van der Waals surface area contributed by atoms with E-state index >= 15 is 0 Å². The summed E-state index contributed by atoms with van der Waals surface area (Å²) in [7, 11) is 0. The molecule has 7 heteroatoms. The molecule has 29 heavy (non-hydrogen) atoms. The van der Waals surface area contributed by atoms with E-state index in [0.717, 1.165) is 32.9 Å². The molecular weight excluding hydrogens is 385 g/mol. The number of nitrogens with one attached hydrogen (secondary N) is 1. The number of thiazole rings is 1. The third kappa shape index (κ3) is 3.40. The van der Waals surface area contributed by atoms with Crippen molar-refractivity contribution in [2.45, 2.75) is 13.3 Å². The van der Waals surface area contributed by atoms with Crippen molar-refractivity contribution in [2.75, 3.05) is 5.32 Å². The third-order valence-corrected chi connectivity index (χ3v) is 5.76. The maximum absolute atomic E-state index is 13.9. The lowest BCUT2D eigenvalue weighted by Gasteiger charge is -2.11. The highest BCUT2D eigenvalue weighted by atomic mass is 32.1. The Morgan fingerprint density at radius 2 is 1.76 bits per heavy atom. The van der Waals surface area contributed by atoms with Gasteiger partial charge in [-0.1, -0.05) is 6.92 Å². The highest BCUT2D eigenvalue weighted by molar-refractivity contribution is 7.18. The molecule has 0 aliphatic rings. The van der Waals surface area contributed by atoms with Crippen molar-refractivity contribution in [2.24, 2.45) is 0 Å². The molecule has 0 spiro atoms. The van der Waals surface area contributed by atoms with Crippen LogP contribution < -0.4 is 5.32 Å². The maximum Gasteiger partial charge on any atom is 0.162 e. The fraction of sp³-hybridized carbons (Fsp3) is 0.0909. The van der Waals surface area contributed by atoms with Crippen molar-refractivity contribution in [3.8, 4) is 11.4 Å². The lowest BCUT2D eigenvalue weighted by atomic mass is 10.2. The molecule has 0 amide bonds. The van der Waals surface area contributed by atoms with Crippen molar-refractivity contribution < 1.29 is 4.39 Å². The van der Waals surface area contributed by atoms with E-state index in [1.54, 1.807) is 29.8 Å². The first-order valence-electron chi connectivity index (χ1n) is 9.24. The number of hydrogen-bond acceptors (Lipinski definition) is 6. The Morgan fingerprint density at radius 3 is 2.59 bits per heavy atom. The van der Waals surface area contributed by atoms with Gasteiger partial charge in [0, 0.05) is 29.0 Å². The predicted octanol–water partition coefficient (Wildman–Crippen LogP) is 5.75. The zero-order chi connectivity index (χ0) is 19.8. The Kier molecular flexibility index (Phi) is 4.37. The topological polar surface area (TPSA) is 63.6 Å². The Hall–Kier alpha value is -3.45. The lowest BCUT2D eigenvalue weighted by molar-refractivity contribution is 0.629. The summed E-state index contributed by atoms with van der Waals surface area (Å²) in [5.41, 5.74) is 3.37. The number of pyridine rings is 1. The van der Waals surface area contributed by atoms with Gasteiger partial charge in [-0.2, -0.15) is 0 Å². The third-order valence-electron chi connectivity index (χ3n) is 4.59. The number of nitrogens with zero attached hydrogens (tertiary/aromatic N) is 4. The number of aryl methyl sites for hydroxylation is 1. The van der Waals surface area contributed by atoms with Gasteiger partial charge in [0.2, 0.25) is 0 Å². The minimum absolute atomic E-state index is 0.327. The Labute approximate surface area is 170 Å². The van der Waals surface area contributed by atoms with Crippen LogP contribution in [0.3, 0.4) is 0 Å². The average molecular weight is 401 g/mol. The summed E-state index contributed by atoms with van der Waals surface area (Å²) in [4.78, 5) is 17.9. The first-order valence-corrected chi connectivity index (χ1v) is 10.1. The number of rotatable bonds is 4. The summed E-state index contributed by atoms with van der Waals surface area (Å²) in [6, 6.07) is 14.2. The monoisotopic (exact) mass is 401 g/mol. The SMILES string of the molecule is CCc1nc2ccc(Nc3nc(-c4ccncc4)nc4ccc(F)cc34)cc2s1. The van der Waals surface area contributed by atoms with E-state index in [0.29, 0.717) is 22.5 Å². The van der Waals surface area contributed by atoms with E-state index < -0.39 is 0 Å². The van der Waals surface area contributed by atoms with Crippen LogP contribution in [0, 0.1) is 5.82 Å². The second kappa shape index (κ2) is 7.18. The fourth-order valence-electron chi connectivity index (χ4n) is 3.16. The van der Waals surface area contributed by atoms with Gasteiger partial charge in [-0.25, -0.2) is 19.3 Å². The molecule has 5 rings (SSSR count). The highest BCUT2D eigenvalue weighted by Gasteiger charge is 2.12. The predicted molar refractivity (Wildman–Crippen MR) is 115 cm³/mol. The van der Waals surface area contributed by atoms with Crippen LogP contribution in [0.15, 0.2) is 60.9 Å². The highest BCUT2D eigenvalue weighted by Crippen LogP contribution is 2.30. The molecule has 0 saturated carbocycles. The number of fused-ring (bicyclic) bond motifs is 2. The standard InChI is InChI=1S/C22H16FN5S/c1-2-20-26-18-6-4-15(12-19(18)29-20)25-22-16-11-14(23)3-5-17(16)27-21(28-22)13-7-9-24-10-8-13/h3-12H,2H2,1H3,(H,25,27,28). The van der Waals surface area contributed by atoms with Gasteiger partial charge in [-0.05, 0) is 55.0 Å². The molecule has 1 N–H and O–H groups in total. The number of hydrogen-bond donors (Lipinski definition) is 1. The lowest BCUT2D eigenvalue weighted by Crippen LogP contribution is -2.00. The molecular formula is C22H16FN5S. The van der Waals surface area contributed by atoms with Gasteiger partial charge in [0.05, 0.1) is 20.7 Å². The van der Waals surface area contributed by atoms with Gasteiger partial charge in [-0.3, -0.25) is 4.98 Å². The first-order chi connectivity index (χ1) is 14.2. The minimum Gasteiger partial charge on any atom is -0.340 e. The maximum atomic E-state index is 13.9. The molecule has 0 aliphatic heterocycles. The largest absolute Gasteiger partial charge is 0.340 e. The molecule has 0 unspecified atom stereocenters. The Bertz CT molecular complexity index is 1330. The van der Waals surface area contributed by atoms with Crippen molar-refractivity contribution in [1.82, 2.24) is 19.9 Å². The van der Waals surface area contributed by atoms with Crippen molar-refractivity contribution >= 4 is 44.0 Å². The molecule has 0 aliphatic carbocycles. The molecule has 3 heterocycles. The van der Waals surface area contributed by atoms with Gasteiger partial charge in [0.1, 0.15) is 11.6 Å².